The molecule has 3 rings (SSSR count). The van der Waals surface area contributed by atoms with Gasteiger partial charge in [-0.2, -0.15) is 5.26 Å². The molecule has 1 aliphatic rings. The normalized spacial score (nSPS) is 14.6. The highest BCUT2D eigenvalue weighted by molar-refractivity contribution is 9.10. The molecule has 1 atom stereocenters. The van der Waals surface area contributed by atoms with Gasteiger partial charge in [0.05, 0.1) is 23.7 Å². The van der Waals surface area contributed by atoms with Crippen LogP contribution < -0.4 is 5.32 Å². The molecule has 0 unspecified atom stereocenters. The summed E-state index contributed by atoms with van der Waals surface area (Å²) < 4.78 is 14.5. The van der Waals surface area contributed by atoms with Crippen LogP contribution in [0.5, 0.6) is 0 Å². The minimum Gasteiger partial charge on any atom is -0.340 e. The van der Waals surface area contributed by atoms with E-state index in [1.165, 1.54) is 17.3 Å². The first kappa shape index (κ1) is 21.1. The molecule has 0 saturated carbocycles. The summed E-state index contributed by atoms with van der Waals surface area (Å²) in [6, 6.07) is 1.31. The van der Waals surface area contributed by atoms with E-state index >= 15 is 0 Å². The molecule has 27 heavy (non-hydrogen) atoms. The van der Waals surface area contributed by atoms with Gasteiger partial charge in [-0.05, 0) is 22.9 Å². The van der Waals surface area contributed by atoms with Crippen LogP contribution in [-0.2, 0) is 4.79 Å². The summed E-state index contributed by atoms with van der Waals surface area (Å²) in [5.74, 6) is -0.974. The summed E-state index contributed by atoms with van der Waals surface area (Å²) >= 11 is 3.07. The largest absolute Gasteiger partial charge is 0.340 e. The molecule has 8 nitrogen and oxygen atoms in total. The second kappa shape index (κ2) is 9.14. The zero-order chi connectivity index (χ0) is 20.1. The van der Waals surface area contributed by atoms with Crippen LogP contribution >= 0.6 is 28.3 Å². The molecule has 144 valence electrons. The van der Waals surface area contributed by atoms with Crippen LogP contribution in [0.2, 0.25) is 0 Å². The second-order valence-corrected chi connectivity index (χ2v) is 6.91. The number of amides is 2. The van der Waals surface area contributed by atoms with E-state index in [0.29, 0.717) is 17.7 Å². The summed E-state index contributed by atoms with van der Waals surface area (Å²) in [6.07, 6.45) is 2.68. The Balaban J connectivity index is 0.00000126. The summed E-state index contributed by atoms with van der Waals surface area (Å²) in [5, 5.41) is 11.3. The third kappa shape index (κ3) is 4.39. The molecule has 0 radical (unpaired) electrons. The van der Waals surface area contributed by atoms with Gasteiger partial charge in [0.1, 0.15) is 16.2 Å². The Labute approximate surface area is 168 Å². The Morgan fingerprint density at radius 3 is 2.74 bits per heavy atom. The van der Waals surface area contributed by atoms with Gasteiger partial charge >= 0.3 is 0 Å². The third-order valence-electron chi connectivity index (χ3n) is 3.85. The molecule has 1 fully saturated rings. The van der Waals surface area contributed by atoms with Crippen molar-refractivity contribution in [3.63, 3.8) is 0 Å². The molecule has 3 heterocycles. The first-order valence-electron chi connectivity index (χ1n) is 8.26. The van der Waals surface area contributed by atoms with Crippen LogP contribution in [0.4, 0.5) is 3.89 Å². The summed E-state index contributed by atoms with van der Waals surface area (Å²) in [4.78, 5) is 34.4. The number of carbonyl (C=O) groups excluding carboxylic acids is 2. The van der Waals surface area contributed by atoms with Crippen LogP contribution in [0.15, 0.2) is 17.0 Å². The number of nitrogens with one attached hydrogen (secondary N) is 1. The standard InChI is InChI=1S/C14H12BrFN6O2S.C2H6/c1-7(14(24)21-4-8(2-17)5-21)19-13(23)9-6-22(25-16)12-11(9)20-10(15)3-18-12;1-2/h3,6-8H,4-5H2,1H3,(H,19,23);1-2H3/t7-;/m1./s1. The first-order chi connectivity index (χ1) is 12.9. The number of halogens is 2. The molecule has 2 aromatic rings. The summed E-state index contributed by atoms with van der Waals surface area (Å²) in [7, 11) is 0. The number of fused-ring (bicyclic) bond motifs is 1. The molecule has 1 N–H and O–H groups in total. The average molecular weight is 457 g/mol. The molecule has 2 aromatic heterocycles. The number of nitrogens with zero attached hydrogens (tertiary/aromatic N) is 5. The van der Waals surface area contributed by atoms with Crippen molar-refractivity contribution in [3.05, 3.63) is 22.6 Å². The Morgan fingerprint density at radius 2 is 2.15 bits per heavy atom. The lowest BCUT2D eigenvalue weighted by Gasteiger charge is -2.37. The number of aromatic nitrogens is 3. The lowest BCUT2D eigenvalue weighted by Crippen LogP contribution is -2.55. The van der Waals surface area contributed by atoms with Gasteiger partial charge in [-0.3, -0.25) is 9.59 Å². The number of carbonyl (C=O) groups is 2. The Bertz CT molecular complexity index is 893. The minimum atomic E-state index is -0.774. The van der Waals surface area contributed by atoms with E-state index in [-0.39, 0.29) is 40.9 Å². The Kier molecular flexibility index (Phi) is 7.15. The summed E-state index contributed by atoms with van der Waals surface area (Å²) in [5.41, 5.74) is 0.553. The topological polar surface area (TPSA) is 104 Å². The van der Waals surface area contributed by atoms with Crippen molar-refractivity contribution in [2.75, 3.05) is 13.1 Å². The quantitative estimate of drug-likeness (QED) is 0.757. The molecule has 11 heteroatoms. The lowest BCUT2D eigenvalue weighted by molar-refractivity contribution is -0.137. The highest BCUT2D eigenvalue weighted by atomic mass is 79.9. The van der Waals surface area contributed by atoms with Crippen LogP contribution in [0.3, 0.4) is 0 Å². The number of hydrogen-bond donors (Lipinski definition) is 1. The highest BCUT2D eigenvalue weighted by Gasteiger charge is 2.33. The smallest absolute Gasteiger partial charge is 0.255 e. The fourth-order valence-corrected chi connectivity index (χ4v) is 3.14. The maximum atomic E-state index is 13.0. The number of likely N-dealkylation sites (tertiary alicyclic amines) is 1. The SMILES string of the molecule is CC.C[C@@H](NC(=O)c1cn(SF)c2ncc(Br)nc12)C(=O)N1CC(C#N)C1. The fourth-order valence-electron chi connectivity index (χ4n) is 2.51. The van der Waals surface area contributed by atoms with Crippen LogP contribution in [0.25, 0.3) is 11.2 Å². The molecule has 2 amide bonds. The van der Waals surface area contributed by atoms with Gasteiger partial charge in [0, 0.05) is 19.3 Å². The molecule has 0 aromatic carbocycles. The van der Waals surface area contributed by atoms with Crippen molar-refractivity contribution in [1.82, 2.24) is 24.2 Å². The van der Waals surface area contributed by atoms with E-state index < -0.39 is 11.9 Å². The second-order valence-electron chi connectivity index (χ2n) is 5.57. The monoisotopic (exact) mass is 456 g/mol. The van der Waals surface area contributed by atoms with Gasteiger partial charge in [0.15, 0.2) is 18.0 Å². The van der Waals surface area contributed by atoms with Crippen molar-refractivity contribution >= 4 is 51.2 Å². The predicted molar refractivity (Wildman–Crippen MR) is 103 cm³/mol. The van der Waals surface area contributed by atoms with E-state index in [2.05, 4.69) is 37.3 Å². The average Bonchev–Trinajstić information content (AvgIpc) is 3.00. The maximum Gasteiger partial charge on any atom is 0.255 e. The van der Waals surface area contributed by atoms with Crippen molar-refractivity contribution < 1.29 is 13.5 Å². The Hall–Kier alpha value is -2.19. The van der Waals surface area contributed by atoms with E-state index in [1.807, 2.05) is 13.8 Å². The maximum absolute atomic E-state index is 13.0. The highest BCUT2D eigenvalue weighted by Crippen LogP contribution is 2.24. The molecule has 1 aliphatic heterocycles. The molecule has 0 bridgehead atoms. The fraction of sp³-hybridized carbons (Fsp3) is 0.438. The van der Waals surface area contributed by atoms with Crippen LogP contribution in [0.1, 0.15) is 31.1 Å². The van der Waals surface area contributed by atoms with Gasteiger partial charge in [-0.25, -0.2) is 13.9 Å². The summed E-state index contributed by atoms with van der Waals surface area (Å²) in [6.45, 7) is 6.29. The van der Waals surface area contributed by atoms with Gasteiger partial charge < -0.3 is 10.2 Å². The minimum absolute atomic E-state index is 0.0990. The third-order valence-corrected chi connectivity index (χ3v) is 4.66. The van der Waals surface area contributed by atoms with E-state index in [4.69, 9.17) is 5.26 Å². The van der Waals surface area contributed by atoms with E-state index in [1.54, 1.807) is 6.92 Å². The number of hydrogen-bond acceptors (Lipinski definition) is 6. The van der Waals surface area contributed by atoms with Gasteiger partial charge in [0.25, 0.3) is 5.91 Å². The first-order valence-corrected chi connectivity index (χ1v) is 9.73. The zero-order valence-electron chi connectivity index (χ0n) is 14.9. The molecule has 0 spiro atoms. The van der Waals surface area contributed by atoms with Crippen molar-refractivity contribution in [2.24, 2.45) is 5.92 Å². The van der Waals surface area contributed by atoms with Crippen LogP contribution in [0, 0.1) is 17.2 Å². The predicted octanol–water partition coefficient (Wildman–Crippen LogP) is 2.70. The van der Waals surface area contributed by atoms with Crippen molar-refractivity contribution in [1.29, 1.82) is 5.26 Å². The van der Waals surface area contributed by atoms with Crippen molar-refractivity contribution in [2.45, 2.75) is 26.8 Å². The van der Waals surface area contributed by atoms with Gasteiger partial charge in [-0.15, -0.1) is 3.89 Å². The molecular formula is C16H18BrFN6O2S. The van der Waals surface area contributed by atoms with E-state index in [0.717, 1.165) is 3.97 Å². The van der Waals surface area contributed by atoms with Gasteiger partial charge in [0.2, 0.25) is 5.91 Å². The zero-order valence-corrected chi connectivity index (χ0v) is 17.3. The van der Waals surface area contributed by atoms with E-state index in [9.17, 15) is 13.5 Å². The number of nitriles is 1. The Morgan fingerprint density at radius 1 is 1.48 bits per heavy atom. The lowest BCUT2D eigenvalue weighted by atomic mass is 10.0. The number of rotatable bonds is 4. The van der Waals surface area contributed by atoms with Crippen LogP contribution in [-0.4, -0.2) is 49.8 Å². The molecular weight excluding hydrogens is 439 g/mol. The molecule has 1 saturated heterocycles. The molecule has 0 aliphatic carbocycles. The van der Waals surface area contributed by atoms with Gasteiger partial charge in [-0.1, -0.05) is 13.8 Å². The van der Waals surface area contributed by atoms with Crippen molar-refractivity contribution in [3.8, 4) is 6.07 Å².